The molecular formula is C22H28F2N2O3S. The van der Waals surface area contributed by atoms with E-state index in [0.717, 1.165) is 30.1 Å². The fourth-order valence-electron chi connectivity index (χ4n) is 6.78. The molecule has 3 aliphatic heterocycles. The quantitative estimate of drug-likeness (QED) is 0.667. The maximum atomic E-state index is 14.4. The van der Waals surface area contributed by atoms with Crippen molar-refractivity contribution in [2.75, 3.05) is 6.54 Å². The molecule has 5 nitrogen and oxygen atoms in total. The van der Waals surface area contributed by atoms with Gasteiger partial charge in [0.25, 0.3) is 15.9 Å². The number of benzene rings is 1. The first-order chi connectivity index (χ1) is 13.8. The molecule has 5 rings (SSSR count). The molecule has 164 valence electrons. The Bertz CT molecular complexity index is 1050. The second-order valence-corrected chi connectivity index (χ2v) is 12.8. The Kier molecular flexibility index (Phi) is 3.95. The van der Waals surface area contributed by atoms with Crippen LogP contribution in [-0.4, -0.2) is 47.4 Å². The SMILES string of the molecule is CC1Cc2cc(C(=O)N3CC4(C)CC3CC(C)(C)C4)ccc2C2N1S(=O)(=O)C2(F)F. The lowest BCUT2D eigenvalue weighted by atomic mass is 9.65. The van der Waals surface area contributed by atoms with E-state index in [1.807, 2.05) is 4.90 Å². The van der Waals surface area contributed by atoms with Crippen LogP contribution in [0.4, 0.5) is 8.78 Å². The third-order valence-electron chi connectivity index (χ3n) is 7.50. The minimum Gasteiger partial charge on any atom is -0.335 e. The van der Waals surface area contributed by atoms with Crippen LogP contribution in [0.1, 0.15) is 74.5 Å². The molecule has 0 radical (unpaired) electrons. The second-order valence-electron chi connectivity index (χ2n) is 10.9. The number of amides is 1. The second kappa shape index (κ2) is 5.82. The summed E-state index contributed by atoms with van der Waals surface area (Å²) in [6, 6.07) is 3.02. The van der Waals surface area contributed by atoms with Crippen molar-refractivity contribution in [3.63, 3.8) is 0 Å². The summed E-state index contributed by atoms with van der Waals surface area (Å²) in [4.78, 5) is 15.3. The van der Waals surface area contributed by atoms with Crippen molar-refractivity contribution in [1.82, 2.24) is 9.21 Å². The Hall–Kier alpha value is -1.54. The van der Waals surface area contributed by atoms with Crippen LogP contribution in [0.25, 0.3) is 0 Å². The normalized spacial score (nSPS) is 37.8. The summed E-state index contributed by atoms with van der Waals surface area (Å²) in [5.74, 6) is -0.0488. The lowest BCUT2D eigenvalue weighted by Gasteiger charge is -2.52. The predicted molar refractivity (Wildman–Crippen MR) is 109 cm³/mol. The Morgan fingerprint density at radius 1 is 1.17 bits per heavy atom. The van der Waals surface area contributed by atoms with E-state index in [0.29, 0.717) is 23.1 Å². The summed E-state index contributed by atoms with van der Waals surface area (Å²) in [5.41, 5.74) is 1.79. The van der Waals surface area contributed by atoms with Gasteiger partial charge in [-0.15, -0.1) is 0 Å². The first-order valence-corrected chi connectivity index (χ1v) is 12.0. The molecule has 8 heteroatoms. The van der Waals surface area contributed by atoms with Crippen molar-refractivity contribution in [2.24, 2.45) is 10.8 Å². The van der Waals surface area contributed by atoms with E-state index >= 15 is 0 Å². The van der Waals surface area contributed by atoms with Crippen molar-refractivity contribution in [2.45, 2.75) is 76.8 Å². The first kappa shape index (κ1) is 20.4. The van der Waals surface area contributed by atoms with Gasteiger partial charge in [0, 0.05) is 24.2 Å². The van der Waals surface area contributed by atoms with Crippen LogP contribution in [0.15, 0.2) is 18.2 Å². The molecule has 4 atom stereocenters. The molecule has 1 amide bonds. The molecule has 2 bridgehead atoms. The summed E-state index contributed by atoms with van der Waals surface area (Å²) < 4.78 is 53.6. The Morgan fingerprint density at radius 3 is 2.57 bits per heavy atom. The Morgan fingerprint density at radius 2 is 1.87 bits per heavy atom. The minimum absolute atomic E-state index is 0.0488. The number of halogens is 2. The summed E-state index contributed by atoms with van der Waals surface area (Å²) in [7, 11) is -4.60. The maximum Gasteiger partial charge on any atom is 0.379 e. The molecule has 2 saturated heterocycles. The molecule has 1 aliphatic carbocycles. The number of fused-ring (bicyclic) bond motifs is 5. The van der Waals surface area contributed by atoms with Gasteiger partial charge in [0.1, 0.15) is 6.04 Å². The van der Waals surface area contributed by atoms with Crippen LogP contribution < -0.4 is 0 Å². The standard InChI is InChI=1S/C22H28F2N2O3S/c1-13-7-15-8-14(5-6-17(15)18-22(23,24)30(28,29)26(13)18)19(27)25-12-21(4)10-16(25)9-20(2,3)11-21/h5-6,8,13,16,18H,7,9-12H2,1-4H3. The van der Waals surface area contributed by atoms with Gasteiger partial charge in [-0.1, -0.05) is 26.8 Å². The summed E-state index contributed by atoms with van der Waals surface area (Å²) >= 11 is 0. The molecule has 1 saturated carbocycles. The zero-order chi connectivity index (χ0) is 21.9. The van der Waals surface area contributed by atoms with Crippen LogP contribution in [0, 0.1) is 10.8 Å². The third-order valence-corrected chi connectivity index (χ3v) is 9.54. The largest absolute Gasteiger partial charge is 0.379 e. The monoisotopic (exact) mass is 438 g/mol. The van der Waals surface area contributed by atoms with Crippen LogP contribution in [0.3, 0.4) is 0 Å². The number of carbonyl (C=O) groups excluding carboxylic acids is 1. The molecule has 3 fully saturated rings. The average molecular weight is 439 g/mol. The molecule has 4 aliphatic rings. The van der Waals surface area contributed by atoms with E-state index in [-0.39, 0.29) is 22.8 Å². The molecule has 1 aromatic rings. The molecule has 0 aromatic heterocycles. The van der Waals surface area contributed by atoms with Crippen LogP contribution in [0.2, 0.25) is 0 Å². The van der Waals surface area contributed by atoms with Gasteiger partial charge in [-0.3, -0.25) is 4.79 Å². The van der Waals surface area contributed by atoms with Crippen LogP contribution in [0.5, 0.6) is 0 Å². The van der Waals surface area contributed by atoms with Gasteiger partial charge in [0.2, 0.25) is 0 Å². The molecular weight excluding hydrogens is 410 g/mol. The maximum absolute atomic E-state index is 14.4. The van der Waals surface area contributed by atoms with Crippen molar-refractivity contribution < 1.29 is 22.0 Å². The topological polar surface area (TPSA) is 57.7 Å². The summed E-state index contributed by atoms with van der Waals surface area (Å²) in [5, 5.41) is -3.80. The van der Waals surface area contributed by atoms with E-state index in [1.54, 1.807) is 19.1 Å². The summed E-state index contributed by atoms with van der Waals surface area (Å²) in [6.07, 6.45) is 3.39. The van der Waals surface area contributed by atoms with Gasteiger partial charge in [0.15, 0.2) is 0 Å². The first-order valence-electron chi connectivity index (χ1n) is 10.6. The van der Waals surface area contributed by atoms with Gasteiger partial charge in [-0.25, -0.2) is 8.42 Å². The average Bonchev–Trinajstić information content (AvgIpc) is 2.87. The lowest BCUT2D eigenvalue weighted by Crippen LogP contribution is -2.67. The number of likely N-dealkylation sites (tertiary alicyclic amines) is 1. The number of rotatable bonds is 1. The molecule has 0 spiro atoms. The number of hydrogen-bond donors (Lipinski definition) is 0. The highest BCUT2D eigenvalue weighted by molar-refractivity contribution is 7.91. The Balaban J connectivity index is 1.46. The molecule has 30 heavy (non-hydrogen) atoms. The number of alkyl halides is 2. The highest BCUT2D eigenvalue weighted by atomic mass is 32.2. The van der Waals surface area contributed by atoms with Crippen LogP contribution >= 0.6 is 0 Å². The van der Waals surface area contributed by atoms with Gasteiger partial charge in [-0.05, 0) is 66.7 Å². The van der Waals surface area contributed by atoms with E-state index in [4.69, 9.17) is 0 Å². The van der Waals surface area contributed by atoms with Gasteiger partial charge in [-0.2, -0.15) is 13.1 Å². The van der Waals surface area contributed by atoms with Gasteiger partial charge in [0.05, 0.1) is 0 Å². The van der Waals surface area contributed by atoms with E-state index in [1.165, 1.54) is 6.07 Å². The fraction of sp³-hybridized carbons (Fsp3) is 0.682. The van der Waals surface area contributed by atoms with Gasteiger partial charge < -0.3 is 4.90 Å². The molecule has 0 N–H and O–H groups in total. The molecule has 1 aromatic carbocycles. The fourth-order valence-corrected chi connectivity index (χ4v) is 8.50. The number of sulfonamides is 1. The Labute approximate surface area is 176 Å². The van der Waals surface area contributed by atoms with E-state index in [2.05, 4.69) is 20.8 Å². The van der Waals surface area contributed by atoms with Crippen molar-refractivity contribution in [3.8, 4) is 0 Å². The van der Waals surface area contributed by atoms with Crippen LogP contribution in [-0.2, 0) is 16.4 Å². The molecule has 3 heterocycles. The van der Waals surface area contributed by atoms with E-state index in [9.17, 15) is 22.0 Å². The van der Waals surface area contributed by atoms with Crippen molar-refractivity contribution in [1.29, 1.82) is 0 Å². The highest BCUT2D eigenvalue weighted by Crippen LogP contribution is 2.57. The minimum atomic E-state index is -4.60. The highest BCUT2D eigenvalue weighted by Gasteiger charge is 2.72. The zero-order valence-corrected chi connectivity index (χ0v) is 18.6. The number of carbonyl (C=O) groups is 1. The van der Waals surface area contributed by atoms with Gasteiger partial charge >= 0.3 is 5.25 Å². The molecule has 4 unspecified atom stereocenters. The van der Waals surface area contributed by atoms with E-state index < -0.39 is 27.4 Å². The number of hydrogen-bond acceptors (Lipinski definition) is 3. The predicted octanol–water partition coefficient (Wildman–Crippen LogP) is 3.95. The summed E-state index contributed by atoms with van der Waals surface area (Å²) in [6.45, 7) is 9.12. The van der Waals surface area contributed by atoms with Crippen molar-refractivity contribution in [3.05, 3.63) is 34.9 Å². The zero-order valence-electron chi connectivity index (χ0n) is 17.8. The van der Waals surface area contributed by atoms with Crippen molar-refractivity contribution >= 4 is 15.9 Å². The smallest absolute Gasteiger partial charge is 0.335 e. The third kappa shape index (κ3) is 2.58. The lowest BCUT2D eigenvalue weighted by molar-refractivity contribution is -0.0521. The number of nitrogens with zero attached hydrogens (tertiary/aromatic N) is 2.